The molecule has 0 bridgehead atoms. The van der Waals surface area contributed by atoms with E-state index in [1.54, 1.807) is 6.92 Å². The topological polar surface area (TPSA) is 9.23 Å². The van der Waals surface area contributed by atoms with E-state index in [0.717, 1.165) is 5.56 Å². The van der Waals surface area contributed by atoms with E-state index in [0.29, 0.717) is 23.8 Å². The van der Waals surface area contributed by atoms with Gasteiger partial charge in [-0.05, 0) is 48.3 Å². The van der Waals surface area contributed by atoms with Crippen molar-refractivity contribution in [3.63, 3.8) is 0 Å². The predicted molar refractivity (Wildman–Crippen MR) is 68.1 cm³/mol. The SMILES string of the molecule is Cc1cc(C(C)(C)C)cc(OCC2CC2)c1F. The van der Waals surface area contributed by atoms with Crippen molar-refractivity contribution in [3.8, 4) is 5.75 Å². The standard InChI is InChI=1S/C15H21FO/c1-10-7-12(15(2,3)4)8-13(14(10)16)17-9-11-5-6-11/h7-8,11H,5-6,9H2,1-4H3. The number of hydrogen-bond donors (Lipinski definition) is 0. The Labute approximate surface area is 103 Å². The third-order valence-electron chi connectivity index (χ3n) is 3.26. The highest BCUT2D eigenvalue weighted by molar-refractivity contribution is 5.38. The van der Waals surface area contributed by atoms with Crippen LogP contribution in [0.3, 0.4) is 0 Å². The number of ether oxygens (including phenoxy) is 1. The Balaban J connectivity index is 2.25. The molecule has 1 aliphatic rings. The third kappa shape index (κ3) is 2.99. The number of halogens is 1. The Morgan fingerprint density at radius 3 is 2.47 bits per heavy atom. The van der Waals surface area contributed by atoms with Gasteiger partial charge in [-0.15, -0.1) is 0 Å². The molecule has 94 valence electrons. The molecule has 0 aliphatic heterocycles. The van der Waals surface area contributed by atoms with Gasteiger partial charge in [0.15, 0.2) is 11.6 Å². The van der Waals surface area contributed by atoms with E-state index in [-0.39, 0.29) is 11.2 Å². The van der Waals surface area contributed by atoms with Crippen LogP contribution in [0.25, 0.3) is 0 Å². The second-order valence-electron chi connectivity index (χ2n) is 6.11. The summed E-state index contributed by atoms with van der Waals surface area (Å²) in [4.78, 5) is 0. The van der Waals surface area contributed by atoms with E-state index >= 15 is 0 Å². The fraction of sp³-hybridized carbons (Fsp3) is 0.600. The van der Waals surface area contributed by atoms with Crippen LogP contribution in [-0.4, -0.2) is 6.61 Å². The summed E-state index contributed by atoms with van der Waals surface area (Å²) in [5, 5.41) is 0. The van der Waals surface area contributed by atoms with Crippen LogP contribution in [0.2, 0.25) is 0 Å². The van der Waals surface area contributed by atoms with Crippen LogP contribution in [0.1, 0.15) is 44.7 Å². The van der Waals surface area contributed by atoms with E-state index in [9.17, 15) is 4.39 Å². The normalized spacial score (nSPS) is 16.1. The lowest BCUT2D eigenvalue weighted by molar-refractivity contribution is 0.284. The van der Waals surface area contributed by atoms with Crippen molar-refractivity contribution in [2.45, 2.75) is 46.0 Å². The zero-order valence-electron chi connectivity index (χ0n) is 11.1. The molecule has 0 N–H and O–H groups in total. The summed E-state index contributed by atoms with van der Waals surface area (Å²) >= 11 is 0. The van der Waals surface area contributed by atoms with Crippen LogP contribution in [0.15, 0.2) is 12.1 Å². The summed E-state index contributed by atoms with van der Waals surface area (Å²) < 4.78 is 19.5. The first-order chi connectivity index (χ1) is 7.88. The number of benzene rings is 1. The highest BCUT2D eigenvalue weighted by Gasteiger charge is 2.24. The van der Waals surface area contributed by atoms with E-state index in [4.69, 9.17) is 4.74 Å². The maximum atomic E-state index is 13.9. The van der Waals surface area contributed by atoms with Gasteiger partial charge in [0.05, 0.1) is 6.61 Å². The Morgan fingerprint density at radius 1 is 1.29 bits per heavy atom. The monoisotopic (exact) mass is 236 g/mol. The summed E-state index contributed by atoms with van der Waals surface area (Å²) in [6.07, 6.45) is 2.44. The molecule has 2 rings (SSSR count). The van der Waals surface area contributed by atoms with E-state index in [1.165, 1.54) is 12.8 Å². The van der Waals surface area contributed by atoms with Gasteiger partial charge in [-0.3, -0.25) is 0 Å². The van der Waals surface area contributed by atoms with Gasteiger partial charge in [0, 0.05) is 0 Å². The lowest BCUT2D eigenvalue weighted by Gasteiger charge is -2.21. The minimum absolute atomic E-state index is 0.0240. The molecular weight excluding hydrogens is 215 g/mol. The van der Waals surface area contributed by atoms with Crippen molar-refractivity contribution in [3.05, 3.63) is 29.1 Å². The Hall–Kier alpha value is -1.05. The summed E-state index contributed by atoms with van der Waals surface area (Å²) in [5.41, 5.74) is 1.82. The predicted octanol–water partition coefficient (Wildman–Crippen LogP) is 4.22. The van der Waals surface area contributed by atoms with Gasteiger partial charge in [0.2, 0.25) is 0 Å². The zero-order chi connectivity index (χ0) is 12.6. The highest BCUT2D eigenvalue weighted by Crippen LogP contribution is 2.33. The first-order valence-electron chi connectivity index (χ1n) is 6.31. The first kappa shape index (κ1) is 12.4. The van der Waals surface area contributed by atoms with E-state index in [2.05, 4.69) is 20.8 Å². The molecule has 0 radical (unpaired) electrons. The fourth-order valence-electron chi connectivity index (χ4n) is 1.77. The molecule has 0 atom stereocenters. The van der Waals surface area contributed by atoms with Crippen LogP contribution in [0.5, 0.6) is 5.75 Å². The molecule has 0 unspecified atom stereocenters. The fourth-order valence-corrected chi connectivity index (χ4v) is 1.77. The molecule has 0 saturated heterocycles. The molecular formula is C15H21FO. The minimum atomic E-state index is -0.210. The molecule has 2 heteroatoms. The molecule has 1 nitrogen and oxygen atoms in total. The summed E-state index contributed by atoms with van der Waals surface area (Å²) in [6.45, 7) is 8.84. The van der Waals surface area contributed by atoms with Gasteiger partial charge in [-0.2, -0.15) is 0 Å². The van der Waals surface area contributed by atoms with Crippen molar-refractivity contribution in [1.82, 2.24) is 0 Å². The second kappa shape index (κ2) is 4.32. The van der Waals surface area contributed by atoms with Crippen LogP contribution < -0.4 is 4.74 Å². The molecule has 0 amide bonds. The smallest absolute Gasteiger partial charge is 0.167 e. The Morgan fingerprint density at radius 2 is 1.94 bits per heavy atom. The van der Waals surface area contributed by atoms with Gasteiger partial charge >= 0.3 is 0 Å². The van der Waals surface area contributed by atoms with Crippen LogP contribution in [0.4, 0.5) is 4.39 Å². The largest absolute Gasteiger partial charge is 0.490 e. The summed E-state index contributed by atoms with van der Waals surface area (Å²) in [5.74, 6) is 0.855. The highest BCUT2D eigenvalue weighted by atomic mass is 19.1. The molecule has 17 heavy (non-hydrogen) atoms. The molecule has 0 heterocycles. The number of hydrogen-bond acceptors (Lipinski definition) is 1. The maximum Gasteiger partial charge on any atom is 0.167 e. The lowest BCUT2D eigenvalue weighted by atomic mass is 9.86. The Bertz CT molecular complexity index is 414. The molecule has 1 aromatic rings. The number of rotatable bonds is 3. The first-order valence-corrected chi connectivity index (χ1v) is 6.31. The third-order valence-corrected chi connectivity index (χ3v) is 3.26. The van der Waals surface area contributed by atoms with Crippen molar-refractivity contribution in [1.29, 1.82) is 0 Å². The molecule has 0 spiro atoms. The average Bonchev–Trinajstić information content (AvgIpc) is 3.02. The molecule has 1 fully saturated rings. The number of aryl methyl sites for hydroxylation is 1. The van der Waals surface area contributed by atoms with Crippen molar-refractivity contribution >= 4 is 0 Å². The Kier molecular flexibility index (Phi) is 3.15. The maximum absolute atomic E-state index is 13.9. The van der Waals surface area contributed by atoms with Crippen LogP contribution >= 0.6 is 0 Å². The van der Waals surface area contributed by atoms with Crippen molar-refractivity contribution < 1.29 is 9.13 Å². The molecule has 1 aliphatic carbocycles. The lowest BCUT2D eigenvalue weighted by Crippen LogP contribution is -2.13. The quantitative estimate of drug-likeness (QED) is 0.763. The molecule has 1 saturated carbocycles. The van der Waals surface area contributed by atoms with Crippen LogP contribution in [-0.2, 0) is 5.41 Å². The van der Waals surface area contributed by atoms with Gasteiger partial charge < -0.3 is 4.74 Å². The van der Waals surface area contributed by atoms with Crippen molar-refractivity contribution in [2.24, 2.45) is 5.92 Å². The zero-order valence-corrected chi connectivity index (χ0v) is 11.1. The van der Waals surface area contributed by atoms with Gasteiger partial charge in [-0.25, -0.2) is 4.39 Å². The minimum Gasteiger partial charge on any atom is -0.490 e. The van der Waals surface area contributed by atoms with Gasteiger partial charge in [0.25, 0.3) is 0 Å². The second-order valence-corrected chi connectivity index (χ2v) is 6.11. The summed E-state index contributed by atoms with van der Waals surface area (Å²) in [6, 6.07) is 3.77. The average molecular weight is 236 g/mol. The van der Waals surface area contributed by atoms with E-state index in [1.807, 2.05) is 12.1 Å². The summed E-state index contributed by atoms with van der Waals surface area (Å²) in [7, 11) is 0. The van der Waals surface area contributed by atoms with Crippen LogP contribution in [0, 0.1) is 18.7 Å². The van der Waals surface area contributed by atoms with E-state index < -0.39 is 0 Å². The van der Waals surface area contributed by atoms with Crippen molar-refractivity contribution in [2.75, 3.05) is 6.61 Å². The molecule has 0 aromatic heterocycles. The van der Waals surface area contributed by atoms with Gasteiger partial charge in [0.1, 0.15) is 0 Å². The van der Waals surface area contributed by atoms with Gasteiger partial charge in [-0.1, -0.05) is 26.8 Å². The molecule has 1 aromatic carbocycles.